The molecule has 106 valence electrons. The van der Waals surface area contributed by atoms with Crippen molar-refractivity contribution < 1.29 is 4.92 Å². The molecule has 0 amide bonds. The maximum absolute atomic E-state index is 10.7. The van der Waals surface area contributed by atoms with Gasteiger partial charge in [-0.05, 0) is 37.6 Å². The Morgan fingerprint density at radius 1 is 1.30 bits per heavy atom. The van der Waals surface area contributed by atoms with Gasteiger partial charge in [-0.3, -0.25) is 15.0 Å². The van der Waals surface area contributed by atoms with Crippen LogP contribution in [0.4, 0.5) is 5.69 Å². The number of nitro benzene ring substituents is 1. The van der Waals surface area contributed by atoms with E-state index in [1.807, 2.05) is 7.05 Å². The van der Waals surface area contributed by atoms with E-state index < -0.39 is 4.92 Å². The third-order valence-electron chi connectivity index (χ3n) is 4.10. The lowest BCUT2D eigenvalue weighted by molar-refractivity contribution is -0.384. The smallest absolute Gasteiger partial charge is 0.269 e. The van der Waals surface area contributed by atoms with Gasteiger partial charge in [0.1, 0.15) is 6.04 Å². The number of non-ortho nitro benzene ring substituents is 1. The molecule has 2 rings (SSSR count). The van der Waals surface area contributed by atoms with Crippen molar-refractivity contribution >= 4 is 5.69 Å². The second-order valence-electron chi connectivity index (χ2n) is 5.34. The lowest BCUT2D eigenvalue weighted by Crippen LogP contribution is -2.36. The lowest BCUT2D eigenvalue weighted by atomic mass is 9.92. The van der Waals surface area contributed by atoms with Crippen LogP contribution in [0.1, 0.15) is 43.7 Å². The van der Waals surface area contributed by atoms with Crippen LogP contribution in [-0.4, -0.2) is 22.9 Å². The highest BCUT2D eigenvalue weighted by Gasteiger charge is 2.25. The Hall–Kier alpha value is -1.93. The molecule has 5 heteroatoms. The quantitative estimate of drug-likeness (QED) is 0.622. The van der Waals surface area contributed by atoms with Gasteiger partial charge in [0, 0.05) is 18.2 Å². The van der Waals surface area contributed by atoms with Crippen LogP contribution in [0.25, 0.3) is 0 Å². The summed E-state index contributed by atoms with van der Waals surface area (Å²) in [5.41, 5.74) is 0.886. The van der Waals surface area contributed by atoms with Crippen LogP contribution in [0.2, 0.25) is 0 Å². The van der Waals surface area contributed by atoms with Gasteiger partial charge in [-0.25, -0.2) is 0 Å². The van der Waals surface area contributed by atoms with E-state index in [0.717, 1.165) is 18.4 Å². The van der Waals surface area contributed by atoms with E-state index in [2.05, 4.69) is 11.0 Å². The molecule has 0 N–H and O–H groups in total. The van der Waals surface area contributed by atoms with Gasteiger partial charge in [0.2, 0.25) is 0 Å². The second kappa shape index (κ2) is 6.49. The monoisotopic (exact) mass is 273 g/mol. The topological polar surface area (TPSA) is 70.2 Å². The molecule has 0 saturated heterocycles. The molecule has 0 radical (unpaired) electrons. The van der Waals surface area contributed by atoms with E-state index in [1.54, 1.807) is 12.1 Å². The molecule has 1 unspecified atom stereocenters. The predicted molar refractivity (Wildman–Crippen MR) is 76.1 cm³/mol. The molecule has 1 aromatic rings. The number of nitriles is 1. The van der Waals surface area contributed by atoms with Crippen LogP contribution in [0, 0.1) is 21.4 Å². The second-order valence-corrected chi connectivity index (χ2v) is 5.34. The van der Waals surface area contributed by atoms with Crippen LogP contribution >= 0.6 is 0 Å². The van der Waals surface area contributed by atoms with Crippen molar-refractivity contribution in [1.29, 1.82) is 5.26 Å². The maximum Gasteiger partial charge on any atom is 0.269 e. The van der Waals surface area contributed by atoms with Crippen molar-refractivity contribution in [3.63, 3.8) is 0 Å². The van der Waals surface area contributed by atoms with Crippen LogP contribution < -0.4 is 0 Å². The first kappa shape index (κ1) is 14.5. The van der Waals surface area contributed by atoms with Crippen molar-refractivity contribution in [2.75, 3.05) is 7.05 Å². The number of nitrogens with zero attached hydrogens (tertiary/aromatic N) is 3. The molecule has 1 fully saturated rings. The molecule has 0 bridgehead atoms. The molecule has 1 aromatic carbocycles. The normalized spacial score (nSPS) is 17.6. The Balaban J connectivity index is 2.14. The van der Waals surface area contributed by atoms with Crippen molar-refractivity contribution in [1.82, 2.24) is 4.90 Å². The van der Waals surface area contributed by atoms with E-state index in [4.69, 9.17) is 0 Å². The van der Waals surface area contributed by atoms with E-state index >= 15 is 0 Å². The van der Waals surface area contributed by atoms with E-state index in [-0.39, 0.29) is 11.7 Å². The zero-order valence-corrected chi connectivity index (χ0v) is 11.7. The summed E-state index contributed by atoms with van der Waals surface area (Å²) in [6, 6.07) is 8.72. The van der Waals surface area contributed by atoms with Gasteiger partial charge in [0.15, 0.2) is 0 Å². The number of benzene rings is 1. The van der Waals surface area contributed by atoms with E-state index in [9.17, 15) is 15.4 Å². The number of rotatable bonds is 4. The molecule has 0 heterocycles. The van der Waals surface area contributed by atoms with Crippen LogP contribution in [-0.2, 0) is 0 Å². The summed E-state index contributed by atoms with van der Waals surface area (Å²) >= 11 is 0. The SMILES string of the molecule is CN(C1CCCCC1)C(C#N)c1ccc([N+](=O)[O-])cc1. The van der Waals surface area contributed by atoms with Crippen molar-refractivity contribution in [3.8, 4) is 6.07 Å². The fraction of sp³-hybridized carbons (Fsp3) is 0.533. The summed E-state index contributed by atoms with van der Waals surface area (Å²) in [5, 5.41) is 20.1. The highest BCUT2D eigenvalue weighted by atomic mass is 16.6. The summed E-state index contributed by atoms with van der Waals surface area (Å²) in [5.74, 6) is 0. The highest BCUT2D eigenvalue weighted by molar-refractivity contribution is 5.36. The average molecular weight is 273 g/mol. The molecule has 0 spiro atoms. The van der Waals surface area contributed by atoms with Crippen molar-refractivity contribution in [2.24, 2.45) is 0 Å². The number of hydrogen-bond donors (Lipinski definition) is 0. The minimum absolute atomic E-state index is 0.0609. The summed E-state index contributed by atoms with van der Waals surface area (Å²) in [6.07, 6.45) is 5.96. The zero-order valence-electron chi connectivity index (χ0n) is 11.7. The number of hydrogen-bond acceptors (Lipinski definition) is 4. The fourth-order valence-corrected chi connectivity index (χ4v) is 2.88. The Bertz CT molecular complexity index is 501. The van der Waals surface area contributed by atoms with Crippen LogP contribution in [0.3, 0.4) is 0 Å². The van der Waals surface area contributed by atoms with Crippen molar-refractivity contribution in [2.45, 2.75) is 44.2 Å². The molecular formula is C15H19N3O2. The van der Waals surface area contributed by atoms with Gasteiger partial charge in [-0.15, -0.1) is 0 Å². The van der Waals surface area contributed by atoms with Crippen LogP contribution in [0.5, 0.6) is 0 Å². The molecule has 1 aliphatic rings. The third-order valence-corrected chi connectivity index (χ3v) is 4.10. The molecule has 1 atom stereocenters. The van der Waals surface area contributed by atoms with Gasteiger partial charge >= 0.3 is 0 Å². The zero-order chi connectivity index (χ0) is 14.5. The van der Waals surface area contributed by atoms with Gasteiger partial charge in [-0.1, -0.05) is 19.3 Å². The predicted octanol–water partition coefficient (Wildman–Crippen LogP) is 3.42. The molecular weight excluding hydrogens is 254 g/mol. The maximum atomic E-state index is 10.7. The standard InChI is InChI=1S/C15H19N3O2/c1-17(13-5-3-2-4-6-13)15(11-16)12-7-9-14(10-8-12)18(19)20/h7-10,13,15H,2-6H2,1H3. The van der Waals surface area contributed by atoms with Crippen LogP contribution in [0.15, 0.2) is 24.3 Å². The fourth-order valence-electron chi connectivity index (χ4n) is 2.88. The minimum Gasteiger partial charge on any atom is -0.284 e. The van der Waals surface area contributed by atoms with E-state index in [0.29, 0.717) is 6.04 Å². The van der Waals surface area contributed by atoms with Gasteiger partial charge in [-0.2, -0.15) is 5.26 Å². The summed E-state index contributed by atoms with van der Waals surface area (Å²) in [7, 11) is 1.98. The first-order valence-corrected chi connectivity index (χ1v) is 6.99. The minimum atomic E-state index is -0.421. The molecule has 20 heavy (non-hydrogen) atoms. The first-order valence-electron chi connectivity index (χ1n) is 6.99. The highest BCUT2D eigenvalue weighted by Crippen LogP contribution is 2.29. The molecule has 1 saturated carbocycles. The molecule has 5 nitrogen and oxygen atoms in total. The third kappa shape index (κ3) is 3.14. The Kier molecular flexibility index (Phi) is 4.70. The molecule has 0 aromatic heterocycles. The summed E-state index contributed by atoms with van der Waals surface area (Å²) in [4.78, 5) is 12.4. The van der Waals surface area contributed by atoms with Crippen molar-refractivity contribution in [3.05, 3.63) is 39.9 Å². The van der Waals surface area contributed by atoms with E-state index in [1.165, 1.54) is 31.4 Å². The van der Waals surface area contributed by atoms with Gasteiger partial charge in [0.05, 0.1) is 11.0 Å². The largest absolute Gasteiger partial charge is 0.284 e. The number of nitro groups is 1. The van der Waals surface area contributed by atoms with Gasteiger partial charge in [0.25, 0.3) is 5.69 Å². The summed E-state index contributed by atoms with van der Waals surface area (Å²) < 4.78 is 0. The Morgan fingerprint density at radius 3 is 2.40 bits per heavy atom. The summed E-state index contributed by atoms with van der Waals surface area (Å²) in [6.45, 7) is 0. The van der Waals surface area contributed by atoms with Gasteiger partial charge < -0.3 is 0 Å². The average Bonchev–Trinajstić information content (AvgIpc) is 2.49. The molecule has 0 aliphatic heterocycles. The lowest BCUT2D eigenvalue weighted by Gasteiger charge is -2.34. The molecule has 1 aliphatic carbocycles. The Morgan fingerprint density at radius 2 is 1.90 bits per heavy atom. The first-order chi connectivity index (χ1) is 9.63. The Labute approximate surface area is 119 Å².